The lowest BCUT2D eigenvalue weighted by molar-refractivity contribution is -0.118. The van der Waals surface area contributed by atoms with Crippen molar-refractivity contribution in [2.75, 3.05) is 32.1 Å². The number of benzene rings is 1. The van der Waals surface area contributed by atoms with Gasteiger partial charge in [0, 0.05) is 24.5 Å². The molecular formula is C15H20ClN3OS. The number of aryl methyl sites for hydroxylation is 1. The summed E-state index contributed by atoms with van der Waals surface area (Å²) in [7, 11) is 3.99. The van der Waals surface area contributed by atoms with Gasteiger partial charge in [-0.2, -0.15) is 0 Å². The van der Waals surface area contributed by atoms with Crippen LogP contribution in [0.1, 0.15) is 18.9 Å². The van der Waals surface area contributed by atoms with Crippen molar-refractivity contribution in [3.8, 4) is 0 Å². The zero-order chi connectivity index (χ0) is 15.6. The second kappa shape index (κ2) is 6.73. The number of nitrogens with zero attached hydrogens (tertiary/aromatic N) is 3. The molecule has 0 bridgehead atoms. The molecule has 4 nitrogen and oxygen atoms in total. The Hall–Kier alpha value is -1.17. The highest BCUT2D eigenvalue weighted by molar-refractivity contribution is 7.22. The molecule has 21 heavy (non-hydrogen) atoms. The number of rotatable bonds is 5. The minimum Gasteiger partial charge on any atom is -0.308 e. The number of amides is 1. The van der Waals surface area contributed by atoms with Crippen LogP contribution >= 0.6 is 22.9 Å². The van der Waals surface area contributed by atoms with Crippen LogP contribution < -0.4 is 4.90 Å². The van der Waals surface area contributed by atoms with Crippen LogP contribution in [0.25, 0.3) is 10.2 Å². The smallest absolute Gasteiger partial charge is 0.228 e. The van der Waals surface area contributed by atoms with Gasteiger partial charge in [0.2, 0.25) is 5.91 Å². The Balaban J connectivity index is 2.39. The molecule has 0 aliphatic rings. The molecule has 2 aromatic rings. The van der Waals surface area contributed by atoms with E-state index in [1.165, 1.54) is 11.3 Å². The zero-order valence-corrected chi connectivity index (χ0v) is 14.4. The van der Waals surface area contributed by atoms with E-state index >= 15 is 0 Å². The summed E-state index contributed by atoms with van der Waals surface area (Å²) in [5, 5.41) is 1.46. The summed E-state index contributed by atoms with van der Waals surface area (Å²) in [5.41, 5.74) is 1.97. The maximum atomic E-state index is 12.2. The quantitative estimate of drug-likeness (QED) is 0.843. The molecule has 0 spiro atoms. The van der Waals surface area contributed by atoms with Crippen molar-refractivity contribution < 1.29 is 4.79 Å². The third-order valence-electron chi connectivity index (χ3n) is 3.24. The molecule has 0 saturated heterocycles. The first-order valence-electron chi connectivity index (χ1n) is 6.94. The molecule has 0 fully saturated rings. The number of aromatic nitrogens is 1. The van der Waals surface area contributed by atoms with Crippen molar-refractivity contribution >= 4 is 44.2 Å². The molecule has 2 rings (SSSR count). The molecule has 0 N–H and O–H groups in total. The number of hydrogen-bond donors (Lipinski definition) is 0. The van der Waals surface area contributed by atoms with Crippen molar-refractivity contribution in [1.29, 1.82) is 0 Å². The predicted octanol–water partition coefficient (Wildman–Crippen LogP) is 3.56. The summed E-state index contributed by atoms with van der Waals surface area (Å²) >= 11 is 7.62. The van der Waals surface area contributed by atoms with E-state index < -0.39 is 0 Å². The number of likely N-dealkylation sites (N-methyl/N-ethyl adjacent to an activating group) is 1. The maximum absolute atomic E-state index is 12.2. The van der Waals surface area contributed by atoms with Gasteiger partial charge < -0.3 is 4.90 Å². The number of hydrogen-bond acceptors (Lipinski definition) is 4. The van der Waals surface area contributed by atoms with Gasteiger partial charge in [-0.1, -0.05) is 29.9 Å². The highest BCUT2D eigenvalue weighted by Gasteiger charge is 2.19. The zero-order valence-electron chi connectivity index (χ0n) is 12.8. The predicted molar refractivity (Wildman–Crippen MR) is 90.6 cm³/mol. The van der Waals surface area contributed by atoms with Crippen molar-refractivity contribution in [2.45, 2.75) is 20.3 Å². The van der Waals surface area contributed by atoms with E-state index in [4.69, 9.17) is 11.6 Å². The largest absolute Gasteiger partial charge is 0.308 e. The Morgan fingerprint density at radius 1 is 1.33 bits per heavy atom. The second-order valence-corrected chi connectivity index (χ2v) is 6.71. The van der Waals surface area contributed by atoms with E-state index in [0.29, 0.717) is 18.0 Å². The highest BCUT2D eigenvalue weighted by Crippen LogP contribution is 2.33. The molecule has 0 aliphatic carbocycles. The van der Waals surface area contributed by atoms with Gasteiger partial charge in [-0.15, -0.1) is 0 Å². The van der Waals surface area contributed by atoms with Gasteiger partial charge in [-0.05, 0) is 38.7 Å². The van der Waals surface area contributed by atoms with Gasteiger partial charge in [-0.25, -0.2) is 4.98 Å². The normalized spacial score (nSPS) is 11.3. The Morgan fingerprint density at radius 3 is 2.67 bits per heavy atom. The Kier molecular flexibility index (Phi) is 5.19. The number of anilines is 1. The third kappa shape index (κ3) is 3.73. The Labute approximate surface area is 134 Å². The van der Waals surface area contributed by atoms with E-state index in [0.717, 1.165) is 27.5 Å². The molecule has 0 saturated carbocycles. The molecule has 114 valence electrons. The molecule has 1 amide bonds. The lowest BCUT2D eigenvalue weighted by Crippen LogP contribution is -2.36. The molecule has 0 radical (unpaired) electrons. The van der Waals surface area contributed by atoms with Crippen LogP contribution in [0.15, 0.2) is 12.1 Å². The Morgan fingerprint density at radius 2 is 2.05 bits per heavy atom. The van der Waals surface area contributed by atoms with Crippen molar-refractivity contribution in [3.05, 3.63) is 22.7 Å². The van der Waals surface area contributed by atoms with Crippen LogP contribution in [0.5, 0.6) is 0 Å². The maximum Gasteiger partial charge on any atom is 0.228 e. The van der Waals surface area contributed by atoms with E-state index in [1.807, 2.05) is 40.1 Å². The summed E-state index contributed by atoms with van der Waals surface area (Å²) in [6.45, 7) is 5.32. The lowest BCUT2D eigenvalue weighted by Gasteiger charge is -2.21. The number of thiazole rings is 1. The topological polar surface area (TPSA) is 36.4 Å². The first kappa shape index (κ1) is 16.2. The van der Waals surface area contributed by atoms with Crippen LogP contribution in [0.3, 0.4) is 0 Å². The molecule has 1 heterocycles. The van der Waals surface area contributed by atoms with Gasteiger partial charge in [0.1, 0.15) is 0 Å². The minimum absolute atomic E-state index is 0.0969. The minimum atomic E-state index is 0.0969. The van der Waals surface area contributed by atoms with E-state index in [1.54, 1.807) is 4.90 Å². The fourth-order valence-electron chi connectivity index (χ4n) is 2.08. The number of carbonyl (C=O) groups excluding carboxylic acids is 1. The van der Waals surface area contributed by atoms with E-state index in [9.17, 15) is 4.79 Å². The SMILES string of the molecule is CCC(=O)N(CCN(C)C)c1nc2c(C)cc(Cl)cc2s1. The number of fused-ring (bicyclic) bond motifs is 1. The van der Waals surface area contributed by atoms with Crippen LogP contribution in [-0.2, 0) is 4.79 Å². The van der Waals surface area contributed by atoms with Gasteiger partial charge in [-0.3, -0.25) is 9.69 Å². The van der Waals surface area contributed by atoms with Crippen molar-refractivity contribution in [2.24, 2.45) is 0 Å². The van der Waals surface area contributed by atoms with Crippen molar-refractivity contribution in [3.63, 3.8) is 0 Å². The summed E-state index contributed by atoms with van der Waals surface area (Å²) in [4.78, 5) is 20.7. The summed E-state index contributed by atoms with van der Waals surface area (Å²) in [6.07, 6.45) is 0.475. The molecule has 1 aromatic carbocycles. The molecule has 0 atom stereocenters. The van der Waals surface area contributed by atoms with Gasteiger partial charge in [0.25, 0.3) is 0 Å². The van der Waals surface area contributed by atoms with E-state index in [-0.39, 0.29) is 5.91 Å². The standard InChI is InChI=1S/C15H20ClN3OS/c1-5-13(20)19(7-6-18(3)4)15-17-14-10(2)8-11(16)9-12(14)21-15/h8-9H,5-7H2,1-4H3. The summed E-state index contributed by atoms with van der Waals surface area (Å²) in [5.74, 6) is 0.0969. The Bertz CT molecular complexity index is 654. The fraction of sp³-hybridized carbons (Fsp3) is 0.467. The first-order valence-corrected chi connectivity index (χ1v) is 8.13. The second-order valence-electron chi connectivity index (χ2n) is 5.27. The van der Waals surface area contributed by atoms with Crippen LogP contribution in [0, 0.1) is 6.92 Å². The molecule has 1 aromatic heterocycles. The van der Waals surface area contributed by atoms with E-state index in [2.05, 4.69) is 9.88 Å². The third-order valence-corrected chi connectivity index (χ3v) is 4.49. The monoisotopic (exact) mass is 325 g/mol. The van der Waals surface area contributed by atoms with Crippen molar-refractivity contribution in [1.82, 2.24) is 9.88 Å². The first-order chi connectivity index (χ1) is 9.92. The molecular weight excluding hydrogens is 306 g/mol. The van der Waals surface area contributed by atoms with Gasteiger partial charge in [0.15, 0.2) is 5.13 Å². The summed E-state index contributed by atoms with van der Waals surface area (Å²) in [6, 6.07) is 3.81. The average Bonchev–Trinajstić information content (AvgIpc) is 2.82. The van der Waals surface area contributed by atoms with Crippen LogP contribution in [0.4, 0.5) is 5.13 Å². The number of carbonyl (C=O) groups is 1. The molecule has 0 unspecified atom stereocenters. The van der Waals surface area contributed by atoms with Gasteiger partial charge >= 0.3 is 0 Å². The van der Waals surface area contributed by atoms with Crippen LogP contribution in [0.2, 0.25) is 5.02 Å². The lowest BCUT2D eigenvalue weighted by atomic mass is 10.2. The molecule has 0 aliphatic heterocycles. The average molecular weight is 326 g/mol. The van der Waals surface area contributed by atoms with Crippen LogP contribution in [-0.4, -0.2) is 43.0 Å². The fourth-order valence-corrected chi connectivity index (χ4v) is 3.54. The molecule has 6 heteroatoms. The summed E-state index contributed by atoms with van der Waals surface area (Å²) < 4.78 is 1.02. The highest BCUT2D eigenvalue weighted by atomic mass is 35.5. The number of halogens is 1. The van der Waals surface area contributed by atoms with Gasteiger partial charge in [0.05, 0.1) is 10.2 Å².